The molecule has 0 saturated carbocycles. The lowest BCUT2D eigenvalue weighted by atomic mass is 9.73. The maximum atomic E-state index is 12.9. The number of carbonyl (C=O) groups excluding carboxylic acids is 1. The summed E-state index contributed by atoms with van der Waals surface area (Å²) in [6.07, 6.45) is 1.99. The van der Waals surface area contributed by atoms with Crippen molar-refractivity contribution in [2.75, 3.05) is 26.7 Å². The molecule has 0 amide bonds. The van der Waals surface area contributed by atoms with E-state index in [2.05, 4.69) is 36.2 Å². The quantitative estimate of drug-likeness (QED) is 0.635. The van der Waals surface area contributed by atoms with Crippen molar-refractivity contribution in [3.8, 4) is 0 Å². The summed E-state index contributed by atoms with van der Waals surface area (Å²) in [5.74, 6) is -0.235. The van der Waals surface area contributed by atoms with Gasteiger partial charge in [-0.1, -0.05) is 66.7 Å². The van der Waals surface area contributed by atoms with Gasteiger partial charge in [0.2, 0.25) is 0 Å². The fourth-order valence-electron chi connectivity index (χ4n) is 4.04. The molecule has 138 valence electrons. The van der Waals surface area contributed by atoms with Gasteiger partial charge in [0.05, 0.1) is 5.56 Å². The van der Waals surface area contributed by atoms with Gasteiger partial charge in [0, 0.05) is 5.41 Å². The number of likely N-dealkylation sites (tertiary alicyclic amines) is 1. The van der Waals surface area contributed by atoms with Crippen LogP contribution in [0.15, 0.2) is 72.8 Å². The summed E-state index contributed by atoms with van der Waals surface area (Å²) < 4.78 is 5.91. The molecule has 0 N–H and O–H groups in total. The number of piperidine rings is 1. The second-order valence-corrected chi connectivity index (χ2v) is 7.55. The maximum Gasteiger partial charge on any atom is 0.338 e. The smallest absolute Gasteiger partial charge is 0.338 e. The lowest BCUT2D eigenvalue weighted by molar-refractivity contribution is 0.0313. The molecule has 0 spiro atoms. The molecule has 3 nitrogen and oxygen atoms in total. The molecule has 0 atom stereocenters. The topological polar surface area (TPSA) is 29.5 Å². The minimum atomic E-state index is -0.235. The normalized spacial score (nSPS) is 16.9. The van der Waals surface area contributed by atoms with Gasteiger partial charge in [-0.05, 0) is 55.4 Å². The zero-order chi connectivity index (χ0) is 18.7. The third-order valence-electron chi connectivity index (χ3n) is 5.82. The Morgan fingerprint density at radius 3 is 2.37 bits per heavy atom. The SMILES string of the molecule is CN1CCC(COC(=O)c2cccc3ccccc23)(c2ccccc2)CC1. The van der Waals surface area contributed by atoms with E-state index in [1.807, 2.05) is 48.5 Å². The highest BCUT2D eigenvalue weighted by Crippen LogP contribution is 2.36. The van der Waals surface area contributed by atoms with E-state index in [-0.39, 0.29) is 11.4 Å². The molecular weight excluding hydrogens is 334 g/mol. The van der Waals surface area contributed by atoms with Gasteiger partial charge in [0.15, 0.2) is 0 Å². The fourth-order valence-corrected chi connectivity index (χ4v) is 4.04. The molecule has 4 rings (SSSR count). The van der Waals surface area contributed by atoms with Crippen molar-refractivity contribution in [3.63, 3.8) is 0 Å². The minimum absolute atomic E-state index is 0.103. The van der Waals surface area contributed by atoms with Crippen LogP contribution in [0.5, 0.6) is 0 Å². The molecule has 0 aromatic heterocycles. The van der Waals surface area contributed by atoms with Crippen LogP contribution in [0.3, 0.4) is 0 Å². The average Bonchev–Trinajstić information content (AvgIpc) is 2.73. The van der Waals surface area contributed by atoms with E-state index in [0.29, 0.717) is 12.2 Å². The molecule has 27 heavy (non-hydrogen) atoms. The van der Waals surface area contributed by atoms with Gasteiger partial charge in [-0.15, -0.1) is 0 Å². The van der Waals surface area contributed by atoms with Crippen molar-refractivity contribution in [1.29, 1.82) is 0 Å². The van der Waals surface area contributed by atoms with E-state index < -0.39 is 0 Å². The molecule has 3 aromatic carbocycles. The molecule has 0 unspecified atom stereocenters. The average molecular weight is 359 g/mol. The maximum absolute atomic E-state index is 12.9. The summed E-state index contributed by atoms with van der Waals surface area (Å²) in [6.45, 7) is 2.45. The molecule has 1 saturated heterocycles. The summed E-state index contributed by atoms with van der Waals surface area (Å²) in [5.41, 5.74) is 1.81. The Hall–Kier alpha value is -2.65. The number of nitrogens with zero attached hydrogens (tertiary/aromatic N) is 1. The minimum Gasteiger partial charge on any atom is -0.461 e. The number of hydrogen-bond donors (Lipinski definition) is 0. The molecular formula is C24H25NO2. The number of rotatable bonds is 4. The second kappa shape index (κ2) is 7.53. The van der Waals surface area contributed by atoms with Gasteiger partial charge >= 0.3 is 5.97 Å². The standard InChI is InChI=1S/C24H25NO2/c1-25-16-14-24(15-17-25,20-10-3-2-4-11-20)18-27-23(26)22-13-7-9-19-8-5-6-12-21(19)22/h2-13H,14-18H2,1H3. The Morgan fingerprint density at radius 2 is 1.59 bits per heavy atom. The van der Waals surface area contributed by atoms with Crippen LogP contribution in [0.1, 0.15) is 28.8 Å². The zero-order valence-electron chi connectivity index (χ0n) is 15.7. The molecule has 1 heterocycles. The van der Waals surface area contributed by atoms with Gasteiger partial charge < -0.3 is 9.64 Å². The van der Waals surface area contributed by atoms with Crippen molar-refractivity contribution < 1.29 is 9.53 Å². The summed E-state index contributed by atoms with van der Waals surface area (Å²) in [7, 11) is 2.15. The Balaban J connectivity index is 1.58. The molecule has 0 aliphatic carbocycles. The Bertz CT molecular complexity index is 922. The van der Waals surface area contributed by atoms with Crippen LogP contribution in [0.2, 0.25) is 0 Å². The van der Waals surface area contributed by atoms with Gasteiger partial charge in [0.1, 0.15) is 6.61 Å². The number of carbonyl (C=O) groups is 1. The summed E-state index contributed by atoms with van der Waals surface area (Å²) in [4.78, 5) is 15.2. The van der Waals surface area contributed by atoms with Crippen LogP contribution in [0.4, 0.5) is 0 Å². The molecule has 1 fully saturated rings. The van der Waals surface area contributed by atoms with Gasteiger partial charge in [-0.25, -0.2) is 4.79 Å². The molecule has 3 aromatic rings. The number of ether oxygens (including phenoxy) is 1. The van der Waals surface area contributed by atoms with E-state index in [4.69, 9.17) is 4.74 Å². The van der Waals surface area contributed by atoms with Crippen LogP contribution in [-0.2, 0) is 10.2 Å². The largest absolute Gasteiger partial charge is 0.461 e. The van der Waals surface area contributed by atoms with Crippen molar-refractivity contribution >= 4 is 16.7 Å². The lowest BCUT2D eigenvalue weighted by Crippen LogP contribution is -2.44. The van der Waals surface area contributed by atoms with Crippen LogP contribution >= 0.6 is 0 Å². The molecule has 0 bridgehead atoms. The van der Waals surface area contributed by atoms with Crippen LogP contribution < -0.4 is 0 Å². The van der Waals surface area contributed by atoms with E-state index in [0.717, 1.165) is 36.7 Å². The van der Waals surface area contributed by atoms with Gasteiger partial charge in [-0.2, -0.15) is 0 Å². The van der Waals surface area contributed by atoms with Gasteiger partial charge in [-0.3, -0.25) is 0 Å². The number of benzene rings is 3. The summed E-state index contributed by atoms with van der Waals surface area (Å²) in [6, 6.07) is 24.3. The Labute approximate surface area is 160 Å². The highest BCUT2D eigenvalue weighted by Gasteiger charge is 2.37. The van der Waals surface area contributed by atoms with Crippen LogP contribution in [0, 0.1) is 0 Å². The predicted molar refractivity (Wildman–Crippen MR) is 109 cm³/mol. The van der Waals surface area contributed by atoms with E-state index in [1.54, 1.807) is 0 Å². The second-order valence-electron chi connectivity index (χ2n) is 7.55. The van der Waals surface area contributed by atoms with Crippen molar-refractivity contribution in [1.82, 2.24) is 4.90 Å². The molecule has 1 aliphatic rings. The van der Waals surface area contributed by atoms with Gasteiger partial charge in [0.25, 0.3) is 0 Å². The molecule has 1 aliphatic heterocycles. The van der Waals surface area contributed by atoms with Crippen molar-refractivity contribution in [2.24, 2.45) is 0 Å². The summed E-state index contributed by atoms with van der Waals surface area (Å²) in [5, 5.41) is 2.01. The number of fused-ring (bicyclic) bond motifs is 1. The highest BCUT2D eigenvalue weighted by molar-refractivity contribution is 6.04. The highest BCUT2D eigenvalue weighted by atomic mass is 16.5. The third-order valence-corrected chi connectivity index (χ3v) is 5.82. The van der Waals surface area contributed by atoms with Crippen LogP contribution in [0.25, 0.3) is 10.8 Å². The van der Waals surface area contributed by atoms with E-state index >= 15 is 0 Å². The monoisotopic (exact) mass is 359 g/mol. The van der Waals surface area contributed by atoms with Crippen LogP contribution in [-0.4, -0.2) is 37.6 Å². The Morgan fingerprint density at radius 1 is 0.926 bits per heavy atom. The first-order valence-corrected chi connectivity index (χ1v) is 9.57. The molecule has 3 heteroatoms. The first-order chi connectivity index (χ1) is 13.2. The Kier molecular flexibility index (Phi) is 4.95. The third kappa shape index (κ3) is 3.60. The van der Waals surface area contributed by atoms with E-state index in [1.165, 1.54) is 5.56 Å². The summed E-state index contributed by atoms with van der Waals surface area (Å²) >= 11 is 0. The number of esters is 1. The molecule has 0 radical (unpaired) electrons. The first kappa shape index (κ1) is 17.7. The predicted octanol–water partition coefficient (Wildman–Crippen LogP) is 4.66. The first-order valence-electron chi connectivity index (χ1n) is 9.57. The number of hydrogen-bond acceptors (Lipinski definition) is 3. The fraction of sp³-hybridized carbons (Fsp3) is 0.292. The van der Waals surface area contributed by atoms with Crippen molar-refractivity contribution in [2.45, 2.75) is 18.3 Å². The van der Waals surface area contributed by atoms with E-state index in [9.17, 15) is 4.79 Å². The van der Waals surface area contributed by atoms with Crippen molar-refractivity contribution in [3.05, 3.63) is 83.9 Å². The lowest BCUT2D eigenvalue weighted by Gasteiger charge is -2.40. The zero-order valence-corrected chi connectivity index (χ0v) is 15.7.